The molecule has 2 aromatic carbocycles. The van der Waals surface area contributed by atoms with E-state index in [1.165, 1.54) is 5.56 Å². The van der Waals surface area contributed by atoms with Crippen molar-refractivity contribution in [2.75, 3.05) is 13.2 Å². The molecule has 2 aromatic rings. The fraction of sp³-hybridized carbons (Fsp3) is 0.222. The van der Waals surface area contributed by atoms with Gasteiger partial charge < -0.3 is 9.47 Å². The van der Waals surface area contributed by atoms with Gasteiger partial charge in [-0.05, 0) is 36.2 Å². The summed E-state index contributed by atoms with van der Waals surface area (Å²) in [6.45, 7) is 2.55. The highest BCUT2D eigenvalue weighted by Crippen LogP contribution is 2.13. The summed E-state index contributed by atoms with van der Waals surface area (Å²) in [6.07, 6.45) is 1.68. The van der Waals surface area contributed by atoms with Crippen LogP contribution in [0.2, 0.25) is 0 Å². The lowest BCUT2D eigenvalue weighted by Gasteiger charge is -2.08. The second-order valence-electron chi connectivity index (χ2n) is 4.73. The third kappa shape index (κ3) is 4.45. The van der Waals surface area contributed by atoms with Crippen molar-refractivity contribution in [1.82, 2.24) is 0 Å². The average molecular weight is 298 g/mol. The number of esters is 1. The first kappa shape index (κ1) is 15.8. The van der Waals surface area contributed by atoms with Crippen LogP contribution >= 0.6 is 0 Å². The van der Waals surface area contributed by atoms with E-state index in [2.05, 4.69) is 6.92 Å². The van der Waals surface area contributed by atoms with Gasteiger partial charge >= 0.3 is 5.97 Å². The highest BCUT2D eigenvalue weighted by atomic mass is 16.6. The molecule has 0 amide bonds. The van der Waals surface area contributed by atoms with Crippen molar-refractivity contribution in [2.24, 2.45) is 0 Å². The molecule has 0 fully saturated rings. The Hall–Kier alpha value is -2.62. The molecule has 0 radical (unpaired) electrons. The molecule has 0 atom stereocenters. The molecule has 0 N–H and O–H groups in total. The minimum atomic E-state index is -0.427. The van der Waals surface area contributed by atoms with Crippen LogP contribution in [-0.4, -0.2) is 25.5 Å². The second-order valence-corrected chi connectivity index (χ2v) is 4.73. The van der Waals surface area contributed by atoms with Crippen molar-refractivity contribution >= 4 is 12.3 Å². The molecule has 0 unspecified atom stereocenters. The highest BCUT2D eigenvalue weighted by Gasteiger charge is 2.06. The maximum absolute atomic E-state index is 11.8. The van der Waals surface area contributed by atoms with Gasteiger partial charge in [0.05, 0.1) is 5.56 Å². The van der Waals surface area contributed by atoms with Crippen LogP contribution in [0.5, 0.6) is 5.75 Å². The normalized spacial score (nSPS) is 10.0. The standard InChI is InChI=1S/C18H18O4/c1-2-14-4-3-5-17(12-14)21-10-11-22-18(20)16-8-6-15(13-19)7-9-16/h3-9,12-13H,2,10-11H2,1H3. The van der Waals surface area contributed by atoms with Gasteiger partial charge in [0.1, 0.15) is 25.2 Å². The van der Waals surface area contributed by atoms with E-state index in [4.69, 9.17) is 9.47 Å². The van der Waals surface area contributed by atoms with Crippen molar-refractivity contribution in [3.05, 3.63) is 65.2 Å². The quantitative estimate of drug-likeness (QED) is 0.447. The molecular formula is C18H18O4. The highest BCUT2D eigenvalue weighted by molar-refractivity contribution is 5.90. The first-order valence-electron chi connectivity index (χ1n) is 7.17. The monoisotopic (exact) mass is 298 g/mol. The largest absolute Gasteiger partial charge is 0.490 e. The minimum Gasteiger partial charge on any atom is -0.490 e. The zero-order chi connectivity index (χ0) is 15.8. The number of ether oxygens (including phenoxy) is 2. The third-order valence-corrected chi connectivity index (χ3v) is 3.17. The van der Waals surface area contributed by atoms with Gasteiger partial charge in [0, 0.05) is 5.56 Å². The van der Waals surface area contributed by atoms with Crippen molar-refractivity contribution < 1.29 is 19.1 Å². The number of hydrogen-bond donors (Lipinski definition) is 0. The summed E-state index contributed by atoms with van der Waals surface area (Å²) in [5.74, 6) is 0.342. The van der Waals surface area contributed by atoms with Crippen molar-refractivity contribution in [3.63, 3.8) is 0 Å². The average Bonchev–Trinajstić information content (AvgIpc) is 2.58. The fourth-order valence-corrected chi connectivity index (χ4v) is 1.93. The van der Waals surface area contributed by atoms with Gasteiger partial charge in [-0.2, -0.15) is 0 Å². The molecule has 2 rings (SSSR count). The van der Waals surface area contributed by atoms with E-state index >= 15 is 0 Å². The van der Waals surface area contributed by atoms with Crippen LogP contribution in [0.4, 0.5) is 0 Å². The van der Waals surface area contributed by atoms with Gasteiger partial charge in [0.25, 0.3) is 0 Å². The van der Waals surface area contributed by atoms with Gasteiger partial charge in [0.15, 0.2) is 0 Å². The van der Waals surface area contributed by atoms with Crippen LogP contribution in [-0.2, 0) is 11.2 Å². The van der Waals surface area contributed by atoms with Gasteiger partial charge in [-0.3, -0.25) is 4.79 Å². The molecule has 0 aromatic heterocycles. The topological polar surface area (TPSA) is 52.6 Å². The van der Waals surface area contributed by atoms with Crippen LogP contribution < -0.4 is 4.74 Å². The Labute approximate surface area is 129 Å². The zero-order valence-electron chi connectivity index (χ0n) is 12.5. The number of benzene rings is 2. The molecule has 0 saturated carbocycles. The lowest BCUT2D eigenvalue weighted by molar-refractivity contribution is 0.0450. The predicted molar refractivity (Wildman–Crippen MR) is 83.4 cm³/mol. The van der Waals surface area contributed by atoms with E-state index in [0.29, 0.717) is 17.7 Å². The van der Waals surface area contributed by atoms with E-state index in [1.807, 2.05) is 24.3 Å². The summed E-state index contributed by atoms with van der Waals surface area (Å²) in [6, 6.07) is 14.1. The molecule has 0 bridgehead atoms. The van der Waals surface area contributed by atoms with E-state index in [0.717, 1.165) is 18.5 Å². The summed E-state index contributed by atoms with van der Waals surface area (Å²) in [7, 11) is 0. The molecule has 0 spiro atoms. The smallest absolute Gasteiger partial charge is 0.338 e. The maximum Gasteiger partial charge on any atom is 0.338 e. The minimum absolute atomic E-state index is 0.171. The lowest BCUT2D eigenvalue weighted by Crippen LogP contribution is -2.12. The van der Waals surface area contributed by atoms with Crippen molar-refractivity contribution in [2.45, 2.75) is 13.3 Å². The molecule has 4 heteroatoms. The van der Waals surface area contributed by atoms with Crippen LogP contribution in [0, 0.1) is 0 Å². The second kappa shape index (κ2) is 7.98. The van der Waals surface area contributed by atoms with Crippen LogP contribution in [0.3, 0.4) is 0 Å². The molecule has 4 nitrogen and oxygen atoms in total. The number of carbonyl (C=O) groups is 2. The van der Waals surface area contributed by atoms with Crippen molar-refractivity contribution in [3.8, 4) is 5.75 Å². The Morgan fingerprint density at radius 3 is 2.55 bits per heavy atom. The maximum atomic E-state index is 11.8. The summed E-state index contributed by atoms with van der Waals surface area (Å²) >= 11 is 0. The molecule has 0 aliphatic carbocycles. The Balaban J connectivity index is 1.77. The molecule has 0 aliphatic heterocycles. The van der Waals surface area contributed by atoms with Crippen LogP contribution in [0.15, 0.2) is 48.5 Å². The lowest BCUT2D eigenvalue weighted by atomic mass is 10.1. The summed E-state index contributed by atoms with van der Waals surface area (Å²) in [5, 5.41) is 0. The Morgan fingerprint density at radius 1 is 1.09 bits per heavy atom. The fourth-order valence-electron chi connectivity index (χ4n) is 1.93. The molecular weight excluding hydrogens is 280 g/mol. The molecule has 0 heterocycles. The van der Waals surface area contributed by atoms with E-state index < -0.39 is 5.97 Å². The number of rotatable bonds is 7. The van der Waals surface area contributed by atoms with E-state index in [9.17, 15) is 9.59 Å². The Bertz CT molecular complexity index is 632. The van der Waals surface area contributed by atoms with E-state index in [-0.39, 0.29) is 6.61 Å². The number of hydrogen-bond acceptors (Lipinski definition) is 4. The van der Waals surface area contributed by atoms with Crippen LogP contribution in [0.25, 0.3) is 0 Å². The predicted octanol–water partition coefficient (Wildman–Crippen LogP) is 3.30. The number of carbonyl (C=O) groups excluding carboxylic acids is 2. The molecule has 0 saturated heterocycles. The first-order valence-corrected chi connectivity index (χ1v) is 7.17. The summed E-state index contributed by atoms with van der Waals surface area (Å²) in [5.41, 5.74) is 2.14. The molecule has 22 heavy (non-hydrogen) atoms. The number of aldehydes is 1. The van der Waals surface area contributed by atoms with Gasteiger partial charge in [-0.25, -0.2) is 4.79 Å². The Kier molecular flexibility index (Phi) is 5.72. The zero-order valence-corrected chi connectivity index (χ0v) is 12.5. The first-order chi connectivity index (χ1) is 10.7. The Morgan fingerprint density at radius 2 is 1.86 bits per heavy atom. The molecule has 0 aliphatic rings. The van der Waals surface area contributed by atoms with Crippen LogP contribution in [0.1, 0.15) is 33.2 Å². The third-order valence-electron chi connectivity index (χ3n) is 3.17. The van der Waals surface area contributed by atoms with Gasteiger partial charge in [-0.15, -0.1) is 0 Å². The van der Waals surface area contributed by atoms with Gasteiger partial charge in [-0.1, -0.05) is 31.2 Å². The SMILES string of the molecule is CCc1cccc(OCCOC(=O)c2ccc(C=O)cc2)c1. The summed E-state index contributed by atoms with van der Waals surface area (Å²) in [4.78, 5) is 22.3. The summed E-state index contributed by atoms with van der Waals surface area (Å²) < 4.78 is 10.7. The molecule has 114 valence electrons. The number of aryl methyl sites for hydroxylation is 1. The van der Waals surface area contributed by atoms with Crippen molar-refractivity contribution in [1.29, 1.82) is 0 Å². The van der Waals surface area contributed by atoms with E-state index in [1.54, 1.807) is 24.3 Å². The van der Waals surface area contributed by atoms with Gasteiger partial charge in [0.2, 0.25) is 0 Å².